The van der Waals surface area contributed by atoms with E-state index in [9.17, 15) is 0 Å². The zero-order valence-electron chi connectivity index (χ0n) is 27.6. The molecule has 0 N–H and O–H groups in total. The van der Waals surface area contributed by atoms with Crippen molar-refractivity contribution >= 4 is 28.4 Å². The van der Waals surface area contributed by atoms with E-state index in [4.69, 9.17) is 0 Å². The van der Waals surface area contributed by atoms with Gasteiger partial charge in [0, 0.05) is 33.4 Å². The molecule has 0 aliphatic heterocycles. The normalized spacial score (nSPS) is 17.1. The van der Waals surface area contributed by atoms with Crippen molar-refractivity contribution in [2.24, 2.45) is 5.92 Å². The SMILES string of the molecule is CC1C=Cc2c(c3ccccc3n2-c2ccccc2)C1N(c1ccccc1)c1ccc(-c2ccc3c(c2)-c2ccccc2C3(C)C)cc1. The Labute approximate surface area is 283 Å². The van der Waals surface area contributed by atoms with Crippen molar-refractivity contribution in [3.05, 3.63) is 180 Å². The van der Waals surface area contributed by atoms with E-state index in [1.165, 1.54) is 72.6 Å². The Balaban J connectivity index is 1.17. The molecule has 0 bridgehead atoms. The Kier molecular flexibility index (Phi) is 6.55. The molecular formula is C46H38N2. The van der Waals surface area contributed by atoms with E-state index in [0.29, 0.717) is 0 Å². The summed E-state index contributed by atoms with van der Waals surface area (Å²) in [6.45, 7) is 7.04. The van der Waals surface area contributed by atoms with Crippen molar-refractivity contribution in [2.45, 2.75) is 32.2 Å². The molecule has 2 atom stereocenters. The number of aromatic nitrogens is 1. The van der Waals surface area contributed by atoms with Crippen LogP contribution in [-0.2, 0) is 5.41 Å². The first-order valence-electron chi connectivity index (χ1n) is 17.1. The number of rotatable bonds is 5. The quantitative estimate of drug-likeness (QED) is 0.186. The van der Waals surface area contributed by atoms with Gasteiger partial charge in [-0.25, -0.2) is 0 Å². The number of para-hydroxylation sites is 3. The van der Waals surface area contributed by atoms with Crippen molar-refractivity contribution in [1.29, 1.82) is 0 Å². The average Bonchev–Trinajstić information content (AvgIpc) is 3.59. The van der Waals surface area contributed by atoms with E-state index in [2.05, 4.69) is 194 Å². The van der Waals surface area contributed by atoms with Crippen LogP contribution >= 0.6 is 0 Å². The van der Waals surface area contributed by atoms with E-state index >= 15 is 0 Å². The van der Waals surface area contributed by atoms with Crippen molar-refractivity contribution in [2.75, 3.05) is 4.90 Å². The van der Waals surface area contributed by atoms with Gasteiger partial charge >= 0.3 is 0 Å². The number of anilines is 2. The molecule has 2 aliphatic carbocycles. The van der Waals surface area contributed by atoms with Crippen LogP contribution in [0.2, 0.25) is 0 Å². The Morgan fingerprint density at radius 3 is 2.00 bits per heavy atom. The van der Waals surface area contributed by atoms with E-state index in [-0.39, 0.29) is 17.4 Å². The minimum Gasteiger partial charge on any atom is -0.333 e. The molecule has 9 rings (SSSR count). The highest BCUT2D eigenvalue weighted by atomic mass is 15.2. The van der Waals surface area contributed by atoms with Crippen molar-refractivity contribution in [3.8, 4) is 27.9 Å². The molecule has 0 spiro atoms. The zero-order chi connectivity index (χ0) is 32.4. The highest BCUT2D eigenvalue weighted by Crippen LogP contribution is 2.50. The predicted molar refractivity (Wildman–Crippen MR) is 202 cm³/mol. The lowest BCUT2D eigenvalue weighted by molar-refractivity contribution is 0.550. The minimum atomic E-state index is 0.0120. The molecule has 0 amide bonds. The van der Waals surface area contributed by atoms with Gasteiger partial charge in [0.15, 0.2) is 0 Å². The van der Waals surface area contributed by atoms with Gasteiger partial charge in [-0.15, -0.1) is 0 Å². The molecule has 0 saturated heterocycles. The summed E-state index contributed by atoms with van der Waals surface area (Å²) in [5.41, 5.74) is 15.5. The molecule has 1 heterocycles. The van der Waals surface area contributed by atoms with Crippen LogP contribution in [0, 0.1) is 5.92 Å². The van der Waals surface area contributed by atoms with E-state index in [1.54, 1.807) is 0 Å². The van der Waals surface area contributed by atoms with Crippen molar-refractivity contribution in [1.82, 2.24) is 4.57 Å². The lowest BCUT2D eigenvalue weighted by Gasteiger charge is -2.39. The fraction of sp³-hybridized carbons (Fsp3) is 0.130. The van der Waals surface area contributed by atoms with Gasteiger partial charge < -0.3 is 9.47 Å². The third kappa shape index (κ3) is 4.33. The van der Waals surface area contributed by atoms with E-state index in [0.717, 1.165) is 0 Å². The van der Waals surface area contributed by atoms with Crippen LogP contribution in [0.5, 0.6) is 0 Å². The second-order valence-corrected chi connectivity index (χ2v) is 13.8. The fourth-order valence-electron chi connectivity index (χ4n) is 8.36. The van der Waals surface area contributed by atoms with Crippen LogP contribution in [0.3, 0.4) is 0 Å². The molecule has 232 valence electrons. The topological polar surface area (TPSA) is 8.17 Å². The maximum absolute atomic E-state index is 2.56. The second kappa shape index (κ2) is 11.0. The summed E-state index contributed by atoms with van der Waals surface area (Å²) in [7, 11) is 0. The summed E-state index contributed by atoms with van der Waals surface area (Å²) in [5.74, 6) is 0.285. The van der Waals surface area contributed by atoms with Crippen LogP contribution < -0.4 is 4.90 Å². The number of benzene rings is 6. The predicted octanol–water partition coefficient (Wildman–Crippen LogP) is 12.1. The smallest absolute Gasteiger partial charge is 0.0678 e. The minimum absolute atomic E-state index is 0.0120. The molecule has 7 aromatic rings. The molecule has 0 saturated carbocycles. The maximum Gasteiger partial charge on any atom is 0.0678 e. The number of hydrogen-bond donors (Lipinski definition) is 0. The van der Waals surface area contributed by atoms with Gasteiger partial charge in [-0.2, -0.15) is 0 Å². The lowest BCUT2D eigenvalue weighted by atomic mass is 9.82. The first kappa shape index (κ1) is 28.6. The Bertz CT molecular complexity index is 2320. The molecule has 2 aliphatic rings. The standard InChI is InChI=1S/C46H38N2/c1-31-22-29-43-44(38-19-11-13-21-42(38)48(43)35-16-8-5-9-17-35)45(31)47(34-14-6-4-7-15-34)36-26-23-32(24-27-36)33-25-28-41-39(30-33)37-18-10-12-20-40(37)46(41,2)3/h4-31,45H,1-3H3. The van der Waals surface area contributed by atoms with Crippen molar-refractivity contribution < 1.29 is 0 Å². The number of hydrogen-bond acceptors (Lipinski definition) is 1. The summed E-state index contributed by atoms with van der Waals surface area (Å²) >= 11 is 0. The molecule has 2 nitrogen and oxygen atoms in total. The number of nitrogens with zero attached hydrogens (tertiary/aromatic N) is 2. The van der Waals surface area contributed by atoms with Gasteiger partial charge in [0.2, 0.25) is 0 Å². The third-order valence-corrected chi connectivity index (χ3v) is 10.7. The first-order valence-corrected chi connectivity index (χ1v) is 17.1. The van der Waals surface area contributed by atoms with Gasteiger partial charge in [0.1, 0.15) is 0 Å². The Hall–Kier alpha value is -5.60. The average molecular weight is 619 g/mol. The molecular weight excluding hydrogens is 581 g/mol. The highest BCUT2D eigenvalue weighted by molar-refractivity contribution is 5.92. The summed E-state index contributed by atoms with van der Waals surface area (Å²) in [4.78, 5) is 2.56. The van der Waals surface area contributed by atoms with Crippen LogP contribution in [0.4, 0.5) is 11.4 Å². The zero-order valence-corrected chi connectivity index (χ0v) is 27.6. The van der Waals surface area contributed by atoms with Crippen molar-refractivity contribution in [3.63, 3.8) is 0 Å². The van der Waals surface area contributed by atoms with Crippen LogP contribution in [0.15, 0.2) is 158 Å². The summed E-state index contributed by atoms with van der Waals surface area (Å²) in [6, 6.07) is 55.8. The van der Waals surface area contributed by atoms with Gasteiger partial charge in [0.25, 0.3) is 0 Å². The molecule has 48 heavy (non-hydrogen) atoms. The van der Waals surface area contributed by atoms with E-state index in [1.807, 2.05) is 0 Å². The monoisotopic (exact) mass is 618 g/mol. The summed E-state index contributed by atoms with van der Waals surface area (Å²) < 4.78 is 2.43. The van der Waals surface area contributed by atoms with Gasteiger partial charge in [-0.1, -0.05) is 130 Å². The first-order chi connectivity index (χ1) is 23.5. The van der Waals surface area contributed by atoms with Gasteiger partial charge in [-0.3, -0.25) is 0 Å². The Morgan fingerprint density at radius 2 is 1.21 bits per heavy atom. The second-order valence-electron chi connectivity index (χ2n) is 13.8. The largest absolute Gasteiger partial charge is 0.333 e. The van der Waals surface area contributed by atoms with Gasteiger partial charge in [0.05, 0.1) is 17.3 Å². The molecule has 2 unspecified atom stereocenters. The molecule has 0 radical (unpaired) electrons. The lowest BCUT2D eigenvalue weighted by Crippen LogP contribution is -2.30. The van der Waals surface area contributed by atoms with Gasteiger partial charge in [-0.05, 0) is 93.9 Å². The highest BCUT2D eigenvalue weighted by Gasteiger charge is 2.36. The summed E-state index contributed by atoms with van der Waals surface area (Å²) in [6.07, 6.45) is 4.72. The van der Waals surface area contributed by atoms with E-state index < -0.39 is 0 Å². The summed E-state index contributed by atoms with van der Waals surface area (Å²) in [5, 5.41) is 1.30. The Morgan fingerprint density at radius 1 is 0.583 bits per heavy atom. The van der Waals surface area contributed by atoms with Crippen LogP contribution in [0.1, 0.15) is 49.2 Å². The third-order valence-electron chi connectivity index (χ3n) is 10.7. The molecule has 0 fully saturated rings. The van der Waals surface area contributed by atoms with Crippen LogP contribution in [0.25, 0.3) is 44.9 Å². The maximum atomic E-state index is 2.56. The number of fused-ring (bicyclic) bond motifs is 6. The molecule has 6 aromatic carbocycles. The molecule has 1 aromatic heterocycles. The van der Waals surface area contributed by atoms with Crippen LogP contribution in [-0.4, -0.2) is 4.57 Å². The molecule has 2 heteroatoms. The fourth-order valence-corrected chi connectivity index (χ4v) is 8.36.